The highest BCUT2D eigenvalue weighted by Crippen LogP contribution is 2.39. The van der Waals surface area contributed by atoms with Crippen molar-refractivity contribution in [2.24, 2.45) is 0 Å². The molecule has 1 heterocycles. The van der Waals surface area contributed by atoms with Crippen molar-refractivity contribution in [1.29, 1.82) is 0 Å². The van der Waals surface area contributed by atoms with Gasteiger partial charge < -0.3 is 15.1 Å². The van der Waals surface area contributed by atoms with Gasteiger partial charge in [-0.2, -0.15) is 0 Å². The van der Waals surface area contributed by atoms with E-state index in [4.69, 9.17) is 5.11 Å². The minimum Gasteiger partial charge on any atom is -0.396 e. The fourth-order valence-electron chi connectivity index (χ4n) is 3.03. The van der Waals surface area contributed by atoms with Crippen LogP contribution >= 0.6 is 11.3 Å². The van der Waals surface area contributed by atoms with Gasteiger partial charge >= 0.3 is 0 Å². The number of fused-ring (bicyclic) bond motifs is 3. The Morgan fingerprint density at radius 1 is 1.09 bits per heavy atom. The topological polar surface area (TPSA) is 60.8 Å². The quantitative estimate of drug-likeness (QED) is 0.854. The van der Waals surface area contributed by atoms with Crippen molar-refractivity contribution in [2.45, 2.75) is 19.3 Å². The zero-order chi connectivity index (χ0) is 16.2. The number of aryl methyl sites for hydroxylation is 2. The van der Waals surface area contributed by atoms with Crippen molar-refractivity contribution in [3.63, 3.8) is 0 Å². The van der Waals surface area contributed by atoms with Crippen LogP contribution in [0.15, 0.2) is 30.3 Å². The maximum atomic E-state index is 12.7. The smallest absolute Gasteiger partial charge is 0.264 e. The first-order valence-electron chi connectivity index (χ1n) is 7.96. The Morgan fingerprint density at radius 3 is 2.65 bits per heavy atom. The van der Waals surface area contributed by atoms with E-state index in [9.17, 15) is 9.90 Å². The van der Waals surface area contributed by atoms with Crippen LogP contribution in [-0.4, -0.2) is 47.3 Å². The van der Waals surface area contributed by atoms with E-state index in [1.165, 1.54) is 32.9 Å². The van der Waals surface area contributed by atoms with Gasteiger partial charge in [0.1, 0.15) is 0 Å². The summed E-state index contributed by atoms with van der Waals surface area (Å²) < 4.78 is 0. The van der Waals surface area contributed by atoms with Crippen molar-refractivity contribution < 1.29 is 15.0 Å². The van der Waals surface area contributed by atoms with Crippen LogP contribution in [0, 0.1) is 0 Å². The highest BCUT2D eigenvalue weighted by molar-refractivity contribution is 7.17. The third-order valence-electron chi connectivity index (χ3n) is 4.19. The zero-order valence-electron chi connectivity index (χ0n) is 13.0. The third kappa shape index (κ3) is 3.32. The summed E-state index contributed by atoms with van der Waals surface area (Å²) in [7, 11) is 0. The van der Waals surface area contributed by atoms with E-state index in [2.05, 4.69) is 18.2 Å². The van der Waals surface area contributed by atoms with Gasteiger partial charge in [-0.15, -0.1) is 11.3 Å². The van der Waals surface area contributed by atoms with E-state index < -0.39 is 0 Å². The number of aliphatic hydroxyl groups is 2. The fourth-order valence-corrected chi connectivity index (χ4v) is 4.27. The molecule has 2 N–H and O–H groups in total. The summed E-state index contributed by atoms with van der Waals surface area (Å²) in [6.45, 7) is 0.752. The van der Waals surface area contributed by atoms with Gasteiger partial charge in [0, 0.05) is 24.6 Å². The summed E-state index contributed by atoms with van der Waals surface area (Å²) in [4.78, 5) is 16.3. The molecule has 0 saturated carbocycles. The average Bonchev–Trinajstić information content (AvgIpc) is 3.02. The van der Waals surface area contributed by atoms with Gasteiger partial charge in [0.25, 0.3) is 5.91 Å². The Kier molecular flexibility index (Phi) is 5.10. The number of thiophene rings is 1. The molecule has 5 heteroatoms. The summed E-state index contributed by atoms with van der Waals surface area (Å²) in [5.41, 5.74) is 3.82. The van der Waals surface area contributed by atoms with Crippen molar-refractivity contribution in [1.82, 2.24) is 4.90 Å². The minimum absolute atomic E-state index is 0.0452. The number of carbonyl (C=O) groups is 1. The second kappa shape index (κ2) is 7.25. The highest BCUT2D eigenvalue weighted by atomic mass is 32.1. The van der Waals surface area contributed by atoms with Crippen LogP contribution in [0.5, 0.6) is 0 Å². The predicted molar refractivity (Wildman–Crippen MR) is 91.9 cm³/mol. The van der Waals surface area contributed by atoms with Gasteiger partial charge in [0.05, 0.1) is 11.5 Å². The molecule has 2 aromatic rings. The van der Waals surface area contributed by atoms with Crippen LogP contribution < -0.4 is 0 Å². The standard InChI is InChI=1S/C18H21NO3S/c20-10-3-8-19(9-11-21)18(22)16-12-14-7-6-13-4-1-2-5-15(13)17(14)23-16/h1-2,4-5,12,20-21H,3,6-11H2. The summed E-state index contributed by atoms with van der Waals surface area (Å²) in [5, 5.41) is 18.2. The molecule has 4 nitrogen and oxygen atoms in total. The van der Waals surface area contributed by atoms with Gasteiger partial charge in [-0.05, 0) is 42.0 Å². The van der Waals surface area contributed by atoms with Gasteiger partial charge in [-0.3, -0.25) is 4.79 Å². The van der Waals surface area contributed by atoms with Gasteiger partial charge in [-0.1, -0.05) is 24.3 Å². The first kappa shape index (κ1) is 16.2. The van der Waals surface area contributed by atoms with E-state index >= 15 is 0 Å². The van der Waals surface area contributed by atoms with Crippen molar-refractivity contribution in [2.75, 3.05) is 26.3 Å². The number of rotatable bonds is 6. The predicted octanol–water partition coefficient (Wildman–Crippen LogP) is 2.33. The number of hydrogen-bond acceptors (Lipinski definition) is 4. The molecule has 1 aromatic carbocycles. The van der Waals surface area contributed by atoms with Crippen molar-refractivity contribution >= 4 is 17.2 Å². The number of amides is 1. The Balaban J connectivity index is 1.88. The van der Waals surface area contributed by atoms with E-state index in [0.717, 1.165) is 17.7 Å². The lowest BCUT2D eigenvalue weighted by molar-refractivity contribution is 0.0715. The molecule has 0 bridgehead atoms. The lowest BCUT2D eigenvalue weighted by Crippen LogP contribution is -2.34. The van der Waals surface area contributed by atoms with Crippen LogP contribution in [0.3, 0.4) is 0 Å². The number of benzene rings is 1. The summed E-state index contributed by atoms with van der Waals surface area (Å²) in [5.74, 6) is -0.0515. The van der Waals surface area contributed by atoms with Crippen molar-refractivity contribution in [3.05, 3.63) is 46.3 Å². The molecular formula is C18H21NO3S. The molecule has 0 radical (unpaired) electrons. The molecule has 0 saturated heterocycles. The molecule has 0 spiro atoms. The van der Waals surface area contributed by atoms with Gasteiger partial charge in [-0.25, -0.2) is 0 Å². The van der Waals surface area contributed by atoms with Crippen LogP contribution in [0.2, 0.25) is 0 Å². The molecule has 1 aromatic heterocycles. The minimum atomic E-state index is -0.0644. The molecule has 0 aliphatic heterocycles. The zero-order valence-corrected chi connectivity index (χ0v) is 13.8. The molecule has 1 amide bonds. The van der Waals surface area contributed by atoms with Crippen LogP contribution in [0.1, 0.15) is 27.2 Å². The highest BCUT2D eigenvalue weighted by Gasteiger charge is 2.23. The summed E-state index contributed by atoms with van der Waals surface area (Å²) in [6.07, 6.45) is 2.50. The second-order valence-electron chi connectivity index (χ2n) is 5.72. The van der Waals surface area contributed by atoms with E-state index in [0.29, 0.717) is 19.5 Å². The summed E-state index contributed by atoms with van der Waals surface area (Å²) >= 11 is 1.54. The fraction of sp³-hybridized carbons (Fsp3) is 0.389. The Hall–Kier alpha value is -1.69. The van der Waals surface area contributed by atoms with E-state index in [-0.39, 0.29) is 19.1 Å². The maximum absolute atomic E-state index is 12.7. The maximum Gasteiger partial charge on any atom is 0.264 e. The third-order valence-corrected chi connectivity index (χ3v) is 5.39. The van der Waals surface area contributed by atoms with Crippen LogP contribution in [0.25, 0.3) is 10.4 Å². The number of aliphatic hydroxyl groups excluding tert-OH is 2. The van der Waals surface area contributed by atoms with E-state index in [1.807, 2.05) is 12.1 Å². The van der Waals surface area contributed by atoms with Crippen molar-refractivity contribution in [3.8, 4) is 10.4 Å². The molecule has 1 aliphatic rings. The molecule has 3 rings (SSSR count). The molecule has 0 unspecified atom stereocenters. The molecule has 0 fully saturated rings. The monoisotopic (exact) mass is 331 g/mol. The van der Waals surface area contributed by atoms with Crippen LogP contribution in [0.4, 0.5) is 0 Å². The largest absolute Gasteiger partial charge is 0.396 e. The molecule has 0 atom stereocenters. The lowest BCUT2D eigenvalue weighted by atomic mass is 9.91. The number of nitrogens with zero attached hydrogens (tertiary/aromatic N) is 1. The molecule has 23 heavy (non-hydrogen) atoms. The van der Waals surface area contributed by atoms with Gasteiger partial charge in [0.15, 0.2) is 0 Å². The van der Waals surface area contributed by atoms with Gasteiger partial charge in [0.2, 0.25) is 0 Å². The van der Waals surface area contributed by atoms with E-state index in [1.54, 1.807) is 4.90 Å². The average molecular weight is 331 g/mol. The molecular weight excluding hydrogens is 310 g/mol. The Morgan fingerprint density at radius 2 is 1.87 bits per heavy atom. The lowest BCUT2D eigenvalue weighted by Gasteiger charge is -2.20. The Labute approximate surface area is 140 Å². The second-order valence-corrected chi connectivity index (χ2v) is 6.77. The normalized spacial score (nSPS) is 12.6. The number of carbonyl (C=O) groups excluding carboxylic acids is 1. The first-order chi connectivity index (χ1) is 11.2. The molecule has 1 aliphatic carbocycles. The Bertz CT molecular complexity index is 695. The SMILES string of the molecule is O=C(c1cc2c(s1)-c1ccccc1CC2)N(CCO)CCCO. The number of hydrogen-bond donors (Lipinski definition) is 2. The first-order valence-corrected chi connectivity index (χ1v) is 8.78. The van der Waals surface area contributed by atoms with Crippen LogP contribution in [-0.2, 0) is 12.8 Å². The summed E-state index contributed by atoms with van der Waals surface area (Å²) in [6, 6.07) is 10.4. The molecule has 122 valence electrons.